The van der Waals surface area contributed by atoms with Crippen molar-refractivity contribution >= 4 is 11.6 Å². The van der Waals surface area contributed by atoms with E-state index in [2.05, 4.69) is 11.4 Å². The maximum absolute atomic E-state index is 13.1. The zero-order valence-corrected chi connectivity index (χ0v) is 15.1. The van der Waals surface area contributed by atoms with Gasteiger partial charge in [-0.15, -0.1) is 0 Å². The smallest absolute Gasteiger partial charge is 0.232 e. The number of carbonyl (C=O) groups is 1. The van der Waals surface area contributed by atoms with Crippen LogP contribution in [0.3, 0.4) is 0 Å². The number of methoxy groups -OCH3 is 1. The maximum Gasteiger partial charge on any atom is 0.232 e. The van der Waals surface area contributed by atoms with Crippen molar-refractivity contribution in [3.05, 3.63) is 108 Å². The fraction of sp³-hybridized carbons (Fsp3) is 0.125. The largest absolute Gasteiger partial charge is 0.497 e. The summed E-state index contributed by atoms with van der Waals surface area (Å²) in [6.45, 7) is 0. The molecule has 0 saturated carbocycles. The summed E-state index contributed by atoms with van der Waals surface area (Å²) in [7, 11) is 1.66. The first kappa shape index (κ1) is 17.1. The summed E-state index contributed by atoms with van der Waals surface area (Å²) in [5.74, 6) is 0.500. The molecular weight excluding hydrogens is 334 g/mol. The highest BCUT2D eigenvalue weighted by atomic mass is 16.5. The fourth-order valence-electron chi connectivity index (χ4n) is 3.61. The summed E-state index contributed by atoms with van der Waals surface area (Å²) in [5, 5.41) is 3.10. The number of carbonyl (C=O) groups excluding carboxylic acids is 1. The van der Waals surface area contributed by atoms with Crippen molar-refractivity contribution in [2.24, 2.45) is 0 Å². The zero-order chi connectivity index (χ0) is 18.6. The van der Waals surface area contributed by atoms with Crippen LogP contribution in [0.15, 0.2) is 91.0 Å². The van der Waals surface area contributed by atoms with E-state index in [0.717, 1.165) is 28.1 Å². The highest BCUT2D eigenvalue weighted by Crippen LogP contribution is 2.39. The van der Waals surface area contributed by atoms with Crippen LogP contribution in [0.2, 0.25) is 0 Å². The Bertz CT molecular complexity index is 947. The molecule has 1 heterocycles. The molecule has 0 fully saturated rings. The number of benzene rings is 3. The predicted octanol–water partition coefficient (Wildman–Crippen LogP) is 4.73. The number of hydrogen-bond donors (Lipinski definition) is 1. The van der Waals surface area contributed by atoms with Crippen LogP contribution < -0.4 is 10.1 Å². The Kier molecular flexibility index (Phi) is 4.75. The van der Waals surface area contributed by atoms with E-state index in [-0.39, 0.29) is 17.7 Å². The van der Waals surface area contributed by atoms with Crippen molar-refractivity contribution in [2.75, 3.05) is 7.11 Å². The van der Waals surface area contributed by atoms with Gasteiger partial charge in [0.05, 0.1) is 13.0 Å². The molecule has 1 aliphatic heterocycles. The van der Waals surface area contributed by atoms with Crippen molar-refractivity contribution in [1.82, 2.24) is 5.32 Å². The van der Waals surface area contributed by atoms with Crippen molar-refractivity contribution in [1.29, 1.82) is 0 Å². The molecule has 0 bridgehead atoms. The van der Waals surface area contributed by atoms with Gasteiger partial charge in [-0.3, -0.25) is 4.79 Å². The van der Waals surface area contributed by atoms with E-state index in [1.54, 1.807) is 7.11 Å². The third kappa shape index (κ3) is 3.49. The van der Waals surface area contributed by atoms with Crippen LogP contribution in [-0.2, 0) is 4.79 Å². The van der Waals surface area contributed by atoms with Gasteiger partial charge < -0.3 is 10.1 Å². The lowest BCUT2D eigenvalue weighted by Crippen LogP contribution is -2.35. The summed E-state index contributed by atoms with van der Waals surface area (Å²) in [5.41, 5.74) is 3.97. The summed E-state index contributed by atoms with van der Waals surface area (Å²) in [6.07, 6.45) is 2.16. The number of ether oxygens (including phenoxy) is 1. The number of nitrogens with one attached hydrogen (secondary N) is 1. The van der Waals surface area contributed by atoms with Crippen molar-refractivity contribution in [3.8, 4) is 5.75 Å². The molecule has 0 spiro atoms. The van der Waals surface area contributed by atoms with E-state index in [1.807, 2.05) is 84.9 Å². The topological polar surface area (TPSA) is 38.3 Å². The van der Waals surface area contributed by atoms with Gasteiger partial charge in [0.2, 0.25) is 5.91 Å². The molecule has 2 atom stereocenters. The Hall–Kier alpha value is -3.33. The van der Waals surface area contributed by atoms with Gasteiger partial charge in [-0.05, 0) is 28.8 Å². The van der Waals surface area contributed by atoms with Crippen LogP contribution in [0, 0.1) is 0 Å². The molecule has 0 saturated heterocycles. The normalized spacial score (nSPS) is 19.1. The molecule has 1 amide bonds. The Morgan fingerprint density at radius 2 is 1.41 bits per heavy atom. The molecule has 0 radical (unpaired) electrons. The minimum atomic E-state index is -0.271. The molecule has 0 aliphatic carbocycles. The predicted molar refractivity (Wildman–Crippen MR) is 107 cm³/mol. The van der Waals surface area contributed by atoms with Crippen LogP contribution in [0.25, 0.3) is 5.70 Å². The monoisotopic (exact) mass is 355 g/mol. The molecule has 4 rings (SSSR count). The minimum Gasteiger partial charge on any atom is -0.497 e. The highest BCUT2D eigenvalue weighted by molar-refractivity contribution is 5.95. The van der Waals surface area contributed by atoms with E-state index < -0.39 is 0 Å². The Morgan fingerprint density at radius 3 is 2.04 bits per heavy atom. The lowest BCUT2D eigenvalue weighted by Gasteiger charge is -2.31. The molecular formula is C24H21NO2. The third-order valence-corrected chi connectivity index (χ3v) is 4.99. The standard InChI is InChI=1S/C24H21NO2/c1-27-20-14-12-17(13-15-20)21-16-22(18-8-4-2-5-9-18)25-24(26)23(21)19-10-6-3-7-11-19/h2-16,21,23H,1H3,(H,25,26). The van der Waals surface area contributed by atoms with Gasteiger partial charge in [0.1, 0.15) is 5.75 Å². The van der Waals surface area contributed by atoms with Gasteiger partial charge in [0, 0.05) is 11.6 Å². The van der Waals surface area contributed by atoms with Crippen LogP contribution in [0.4, 0.5) is 0 Å². The fourth-order valence-corrected chi connectivity index (χ4v) is 3.61. The first-order valence-corrected chi connectivity index (χ1v) is 9.03. The van der Waals surface area contributed by atoms with Gasteiger partial charge in [0.25, 0.3) is 0 Å². The summed E-state index contributed by atoms with van der Waals surface area (Å²) in [4.78, 5) is 13.1. The SMILES string of the molecule is COc1ccc(C2C=C(c3ccccc3)NC(=O)C2c2ccccc2)cc1. The van der Waals surface area contributed by atoms with Crippen LogP contribution >= 0.6 is 0 Å². The summed E-state index contributed by atoms with van der Waals surface area (Å²) in [6, 6.07) is 27.9. The molecule has 2 unspecified atom stereocenters. The van der Waals surface area contributed by atoms with Crippen molar-refractivity contribution in [3.63, 3.8) is 0 Å². The lowest BCUT2D eigenvalue weighted by molar-refractivity contribution is -0.122. The molecule has 3 heteroatoms. The average molecular weight is 355 g/mol. The first-order chi connectivity index (χ1) is 13.3. The number of rotatable bonds is 4. The molecule has 1 N–H and O–H groups in total. The molecule has 27 heavy (non-hydrogen) atoms. The van der Waals surface area contributed by atoms with E-state index in [4.69, 9.17) is 4.74 Å². The van der Waals surface area contributed by atoms with E-state index in [0.29, 0.717) is 0 Å². The van der Waals surface area contributed by atoms with Gasteiger partial charge in [-0.25, -0.2) is 0 Å². The molecule has 3 aromatic rings. The minimum absolute atomic E-state index is 0.0170. The number of allylic oxidation sites excluding steroid dienone is 1. The number of amides is 1. The first-order valence-electron chi connectivity index (χ1n) is 9.03. The maximum atomic E-state index is 13.1. The van der Waals surface area contributed by atoms with E-state index in [1.165, 1.54) is 0 Å². The Labute approximate surface area is 159 Å². The second-order valence-corrected chi connectivity index (χ2v) is 6.62. The number of hydrogen-bond acceptors (Lipinski definition) is 2. The van der Waals surface area contributed by atoms with E-state index >= 15 is 0 Å². The molecule has 3 nitrogen and oxygen atoms in total. The van der Waals surface area contributed by atoms with Gasteiger partial charge >= 0.3 is 0 Å². The third-order valence-electron chi connectivity index (χ3n) is 4.99. The van der Waals surface area contributed by atoms with E-state index in [9.17, 15) is 4.79 Å². The molecule has 0 aromatic heterocycles. The molecule has 3 aromatic carbocycles. The average Bonchev–Trinajstić information content (AvgIpc) is 2.74. The summed E-state index contributed by atoms with van der Waals surface area (Å²) < 4.78 is 5.28. The molecule has 134 valence electrons. The summed E-state index contributed by atoms with van der Waals surface area (Å²) >= 11 is 0. The van der Waals surface area contributed by atoms with Gasteiger partial charge in [0.15, 0.2) is 0 Å². The van der Waals surface area contributed by atoms with Crippen LogP contribution in [-0.4, -0.2) is 13.0 Å². The zero-order valence-electron chi connectivity index (χ0n) is 15.1. The highest BCUT2D eigenvalue weighted by Gasteiger charge is 2.34. The second-order valence-electron chi connectivity index (χ2n) is 6.62. The molecule has 1 aliphatic rings. The Balaban J connectivity index is 1.81. The lowest BCUT2D eigenvalue weighted by atomic mass is 9.78. The van der Waals surface area contributed by atoms with Crippen molar-refractivity contribution in [2.45, 2.75) is 11.8 Å². The van der Waals surface area contributed by atoms with Crippen LogP contribution in [0.5, 0.6) is 5.75 Å². The van der Waals surface area contributed by atoms with Crippen LogP contribution in [0.1, 0.15) is 28.5 Å². The van der Waals surface area contributed by atoms with Crippen molar-refractivity contribution < 1.29 is 9.53 Å². The quantitative estimate of drug-likeness (QED) is 0.734. The second kappa shape index (κ2) is 7.50. The van der Waals surface area contributed by atoms with Gasteiger partial charge in [-0.1, -0.05) is 78.9 Å². The Morgan fingerprint density at radius 1 is 0.778 bits per heavy atom. The van der Waals surface area contributed by atoms with Gasteiger partial charge in [-0.2, -0.15) is 0 Å².